The second-order valence-electron chi connectivity index (χ2n) is 9.47. The van der Waals surface area contributed by atoms with Crippen molar-refractivity contribution in [3.63, 3.8) is 0 Å². The summed E-state index contributed by atoms with van der Waals surface area (Å²) >= 11 is 13.0. The number of benzene rings is 3. The minimum atomic E-state index is -0.761. The average Bonchev–Trinajstić information content (AvgIpc) is 3.40. The number of nitrogens with zero attached hydrogens (tertiary/aromatic N) is 1. The van der Waals surface area contributed by atoms with E-state index in [1.807, 2.05) is 61.5 Å². The molecule has 2 amide bonds. The molecule has 1 aliphatic carbocycles. The van der Waals surface area contributed by atoms with Gasteiger partial charge in [0.15, 0.2) is 6.61 Å². The van der Waals surface area contributed by atoms with Crippen LogP contribution in [0.25, 0.3) is 0 Å². The number of carbonyl (C=O) groups excluding carboxylic acids is 2. The van der Waals surface area contributed by atoms with Gasteiger partial charge < -0.3 is 15.0 Å². The summed E-state index contributed by atoms with van der Waals surface area (Å²) in [6, 6.07) is 21.8. The van der Waals surface area contributed by atoms with E-state index < -0.39 is 6.04 Å². The molecular weight excluding hydrogens is 507 g/mol. The van der Waals surface area contributed by atoms with Crippen molar-refractivity contribution < 1.29 is 14.3 Å². The first-order valence-corrected chi connectivity index (χ1v) is 13.4. The molecule has 3 aromatic rings. The molecule has 1 saturated carbocycles. The summed E-state index contributed by atoms with van der Waals surface area (Å²) < 4.78 is 5.90. The summed E-state index contributed by atoms with van der Waals surface area (Å²) in [5, 5.41) is 4.08. The van der Waals surface area contributed by atoms with Crippen molar-refractivity contribution >= 4 is 35.0 Å². The fraction of sp³-hybridized carbons (Fsp3) is 0.333. The Balaban J connectivity index is 1.66. The Bertz CT molecular complexity index is 1190. The molecule has 0 spiro atoms. The Morgan fingerprint density at radius 3 is 2.27 bits per heavy atom. The maximum absolute atomic E-state index is 13.8. The first kappa shape index (κ1) is 27.0. The van der Waals surface area contributed by atoms with Gasteiger partial charge in [-0.2, -0.15) is 0 Å². The van der Waals surface area contributed by atoms with E-state index in [0.717, 1.165) is 36.8 Å². The maximum Gasteiger partial charge on any atom is 0.261 e. The van der Waals surface area contributed by atoms with E-state index in [0.29, 0.717) is 27.8 Å². The SMILES string of the molecule is Cc1ccccc1OCC(=O)N(Cc1c(Cl)cccc1Cl)C(Cc1ccccc1)C(=O)NC1CCCC1. The van der Waals surface area contributed by atoms with Crippen LogP contribution in [0, 0.1) is 6.92 Å². The number of hydrogen-bond donors (Lipinski definition) is 1. The molecule has 37 heavy (non-hydrogen) atoms. The Kier molecular flexibility index (Phi) is 9.48. The Labute approximate surface area is 228 Å². The van der Waals surface area contributed by atoms with Crippen LogP contribution in [0.1, 0.15) is 42.4 Å². The van der Waals surface area contributed by atoms with Crippen molar-refractivity contribution in [2.24, 2.45) is 0 Å². The second-order valence-corrected chi connectivity index (χ2v) is 10.3. The zero-order chi connectivity index (χ0) is 26.2. The van der Waals surface area contributed by atoms with Gasteiger partial charge in [-0.15, -0.1) is 0 Å². The summed E-state index contributed by atoms with van der Waals surface area (Å²) in [5.41, 5.74) is 2.48. The molecule has 0 heterocycles. The molecular formula is C30H32Cl2N2O3. The van der Waals surface area contributed by atoms with Crippen LogP contribution >= 0.6 is 23.2 Å². The van der Waals surface area contributed by atoms with E-state index in [9.17, 15) is 9.59 Å². The van der Waals surface area contributed by atoms with Gasteiger partial charge in [0.05, 0.1) is 0 Å². The highest BCUT2D eigenvalue weighted by Gasteiger charge is 2.33. The number of ether oxygens (including phenoxy) is 1. The molecule has 1 unspecified atom stereocenters. The molecule has 0 bridgehead atoms. The van der Waals surface area contributed by atoms with Crippen LogP contribution in [0.4, 0.5) is 0 Å². The van der Waals surface area contributed by atoms with Crippen molar-refractivity contribution in [3.05, 3.63) is 99.5 Å². The first-order valence-electron chi connectivity index (χ1n) is 12.7. The van der Waals surface area contributed by atoms with Crippen molar-refractivity contribution in [2.75, 3.05) is 6.61 Å². The van der Waals surface area contributed by atoms with E-state index in [-0.39, 0.29) is 31.0 Å². The highest BCUT2D eigenvalue weighted by Crippen LogP contribution is 2.28. The van der Waals surface area contributed by atoms with Crippen LogP contribution in [-0.4, -0.2) is 35.4 Å². The molecule has 1 atom stereocenters. The zero-order valence-corrected chi connectivity index (χ0v) is 22.5. The monoisotopic (exact) mass is 538 g/mol. The quantitative estimate of drug-likeness (QED) is 0.325. The van der Waals surface area contributed by atoms with Gasteiger partial charge in [-0.3, -0.25) is 9.59 Å². The lowest BCUT2D eigenvalue weighted by Crippen LogP contribution is -2.53. The third-order valence-corrected chi connectivity index (χ3v) is 7.52. The Morgan fingerprint density at radius 2 is 1.59 bits per heavy atom. The average molecular weight is 540 g/mol. The number of rotatable bonds is 10. The zero-order valence-electron chi connectivity index (χ0n) is 21.0. The summed E-state index contributed by atoms with van der Waals surface area (Å²) in [7, 11) is 0. The number of para-hydroxylation sites is 1. The molecule has 0 saturated heterocycles. The molecule has 3 aromatic carbocycles. The highest BCUT2D eigenvalue weighted by molar-refractivity contribution is 6.36. The predicted molar refractivity (Wildman–Crippen MR) is 148 cm³/mol. The topological polar surface area (TPSA) is 58.6 Å². The lowest BCUT2D eigenvalue weighted by molar-refractivity contribution is -0.143. The van der Waals surface area contributed by atoms with Crippen LogP contribution in [0.5, 0.6) is 5.75 Å². The van der Waals surface area contributed by atoms with E-state index in [1.54, 1.807) is 23.1 Å². The number of carbonyl (C=O) groups is 2. The van der Waals surface area contributed by atoms with Gasteiger partial charge in [-0.25, -0.2) is 0 Å². The molecule has 4 rings (SSSR count). The van der Waals surface area contributed by atoms with Crippen LogP contribution < -0.4 is 10.1 Å². The lowest BCUT2D eigenvalue weighted by Gasteiger charge is -2.32. The van der Waals surface area contributed by atoms with Crippen LogP contribution in [-0.2, 0) is 22.6 Å². The van der Waals surface area contributed by atoms with E-state index >= 15 is 0 Å². The maximum atomic E-state index is 13.8. The van der Waals surface area contributed by atoms with Crippen molar-refractivity contribution in [1.82, 2.24) is 10.2 Å². The number of amides is 2. The molecule has 1 fully saturated rings. The molecule has 0 aliphatic heterocycles. The second kappa shape index (κ2) is 13.0. The van der Waals surface area contributed by atoms with Crippen LogP contribution in [0.3, 0.4) is 0 Å². The van der Waals surface area contributed by atoms with E-state index in [1.165, 1.54) is 0 Å². The summed E-state index contributed by atoms with van der Waals surface area (Å²) in [6.07, 6.45) is 4.44. The molecule has 0 aromatic heterocycles. The number of nitrogens with one attached hydrogen (secondary N) is 1. The standard InChI is InChI=1S/C30H32Cl2N2O3/c1-21-10-5-8-17-28(21)37-20-29(35)34(19-24-25(31)15-9-16-26(24)32)27(18-22-11-3-2-4-12-22)30(36)33-23-13-6-7-14-23/h2-5,8-12,15-17,23,27H,6-7,13-14,18-20H2,1H3,(H,33,36). The summed E-state index contributed by atoms with van der Waals surface area (Å²) in [4.78, 5) is 29.0. The molecule has 5 nitrogen and oxygen atoms in total. The molecule has 7 heteroatoms. The van der Waals surface area contributed by atoms with Gasteiger partial charge in [0.1, 0.15) is 11.8 Å². The predicted octanol–water partition coefficient (Wildman–Crippen LogP) is 6.38. The van der Waals surface area contributed by atoms with Crippen molar-refractivity contribution in [1.29, 1.82) is 0 Å². The van der Waals surface area contributed by atoms with Crippen LogP contribution in [0.15, 0.2) is 72.8 Å². The largest absolute Gasteiger partial charge is 0.484 e. The molecule has 1 aliphatic rings. The van der Waals surface area contributed by atoms with Gasteiger partial charge in [0, 0.05) is 34.6 Å². The lowest BCUT2D eigenvalue weighted by atomic mass is 10.0. The summed E-state index contributed by atoms with van der Waals surface area (Å²) in [5.74, 6) is 0.131. The Hall–Kier alpha value is -3.02. The van der Waals surface area contributed by atoms with Gasteiger partial charge in [0.2, 0.25) is 5.91 Å². The number of aryl methyl sites for hydroxylation is 1. The summed E-state index contributed by atoms with van der Waals surface area (Å²) in [6.45, 7) is 1.80. The van der Waals surface area contributed by atoms with Gasteiger partial charge >= 0.3 is 0 Å². The van der Waals surface area contributed by atoms with Gasteiger partial charge in [-0.05, 0) is 49.1 Å². The van der Waals surface area contributed by atoms with E-state index in [2.05, 4.69) is 5.32 Å². The third-order valence-electron chi connectivity index (χ3n) is 6.81. The highest BCUT2D eigenvalue weighted by atomic mass is 35.5. The minimum absolute atomic E-state index is 0.0874. The molecule has 194 valence electrons. The molecule has 1 N–H and O–H groups in total. The molecule has 0 radical (unpaired) electrons. The number of halogens is 2. The van der Waals surface area contributed by atoms with Crippen molar-refractivity contribution in [2.45, 2.75) is 57.7 Å². The van der Waals surface area contributed by atoms with Crippen molar-refractivity contribution in [3.8, 4) is 5.75 Å². The first-order chi connectivity index (χ1) is 17.9. The fourth-order valence-corrected chi connectivity index (χ4v) is 5.23. The minimum Gasteiger partial charge on any atom is -0.484 e. The number of hydrogen-bond acceptors (Lipinski definition) is 3. The normalized spacial score (nSPS) is 14.2. The van der Waals surface area contributed by atoms with Crippen LogP contribution in [0.2, 0.25) is 10.0 Å². The smallest absolute Gasteiger partial charge is 0.261 e. The Morgan fingerprint density at radius 1 is 0.946 bits per heavy atom. The van der Waals surface area contributed by atoms with Gasteiger partial charge in [0.25, 0.3) is 5.91 Å². The third kappa shape index (κ3) is 7.27. The van der Waals surface area contributed by atoms with Gasteiger partial charge in [-0.1, -0.05) is 90.6 Å². The van der Waals surface area contributed by atoms with E-state index in [4.69, 9.17) is 27.9 Å². The fourth-order valence-electron chi connectivity index (χ4n) is 4.72.